The molecule has 0 aliphatic rings. The minimum Gasteiger partial charge on any atom is -0.453 e. The third kappa shape index (κ3) is 2.62. The van der Waals surface area contributed by atoms with Crippen LogP contribution >= 0.6 is 31.9 Å². The van der Waals surface area contributed by atoms with Crippen LogP contribution in [0.5, 0.6) is 0 Å². The van der Waals surface area contributed by atoms with Crippen molar-refractivity contribution in [3.8, 4) is 0 Å². The topological polar surface area (TPSA) is 64.3 Å². The van der Waals surface area contributed by atoms with Gasteiger partial charge in [-0.3, -0.25) is 5.32 Å². The van der Waals surface area contributed by atoms with Crippen molar-refractivity contribution in [1.82, 2.24) is 0 Å². The summed E-state index contributed by atoms with van der Waals surface area (Å²) in [6.07, 6.45) is -0.556. The first-order valence-corrected chi connectivity index (χ1v) is 5.22. The molecule has 1 rings (SSSR count). The van der Waals surface area contributed by atoms with E-state index < -0.39 is 6.09 Å². The van der Waals surface area contributed by atoms with E-state index in [1.54, 1.807) is 12.1 Å². The molecule has 0 atom stereocenters. The lowest BCUT2D eigenvalue weighted by atomic mass is 10.3. The number of anilines is 2. The van der Waals surface area contributed by atoms with E-state index in [0.717, 1.165) is 4.47 Å². The fourth-order valence-electron chi connectivity index (χ4n) is 0.878. The summed E-state index contributed by atoms with van der Waals surface area (Å²) in [5.41, 5.74) is 6.65. The van der Waals surface area contributed by atoms with Gasteiger partial charge in [0.05, 0.1) is 18.5 Å². The van der Waals surface area contributed by atoms with Crippen molar-refractivity contribution in [2.24, 2.45) is 0 Å². The maximum absolute atomic E-state index is 10.9. The molecule has 1 aromatic carbocycles. The summed E-state index contributed by atoms with van der Waals surface area (Å²) in [7, 11) is 1.29. The van der Waals surface area contributed by atoms with Crippen molar-refractivity contribution in [1.29, 1.82) is 0 Å². The van der Waals surface area contributed by atoms with Crippen LogP contribution in [0, 0.1) is 0 Å². The van der Waals surface area contributed by atoms with Crippen LogP contribution in [0.2, 0.25) is 0 Å². The number of nitrogens with one attached hydrogen (secondary N) is 1. The van der Waals surface area contributed by atoms with E-state index in [9.17, 15) is 4.79 Å². The van der Waals surface area contributed by atoms with Gasteiger partial charge in [0.15, 0.2) is 0 Å². The zero-order valence-electron chi connectivity index (χ0n) is 7.30. The van der Waals surface area contributed by atoms with Crippen LogP contribution in [-0.4, -0.2) is 13.2 Å². The Balaban J connectivity index is 3.02. The molecule has 0 aromatic heterocycles. The van der Waals surface area contributed by atoms with E-state index in [2.05, 4.69) is 41.9 Å². The summed E-state index contributed by atoms with van der Waals surface area (Å²) in [4.78, 5) is 10.9. The number of nitrogen functional groups attached to an aromatic ring is 1. The van der Waals surface area contributed by atoms with Gasteiger partial charge in [0.2, 0.25) is 0 Å². The lowest BCUT2D eigenvalue weighted by Gasteiger charge is -2.09. The van der Waals surface area contributed by atoms with Crippen LogP contribution in [0.1, 0.15) is 0 Å². The number of hydrogen-bond acceptors (Lipinski definition) is 3. The monoisotopic (exact) mass is 322 g/mol. The Bertz CT molecular complexity index is 345. The molecule has 0 saturated heterocycles. The molecule has 0 unspecified atom stereocenters. The van der Waals surface area contributed by atoms with Gasteiger partial charge in [-0.05, 0) is 28.1 Å². The van der Waals surface area contributed by atoms with E-state index in [0.29, 0.717) is 15.8 Å². The molecule has 76 valence electrons. The van der Waals surface area contributed by atoms with Crippen molar-refractivity contribution < 1.29 is 9.53 Å². The largest absolute Gasteiger partial charge is 0.453 e. The zero-order chi connectivity index (χ0) is 10.7. The van der Waals surface area contributed by atoms with Gasteiger partial charge in [-0.2, -0.15) is 0 Å². The van der Waals surface area contributed by atoms with E-state index in [4.69, 9.17) is 5.73 Å². The van der Waals surface area contributed by atoms with Gasteiger partial charge >= 0.3 is 6.09 Å². The highest BCUT2D eigenvalue weighted by atomic mass is 79.9. The minimum atomic E-state index is -0.556. The highest BCUT2D eigenvalue weighted by Gasteiger charge is 2.09. The summed E-state index contributed by atoms with van der Waals surface area (Å²) < 4.78 is 5.98. The van der Waals surface area contributed by atoms with Crippen molar-refractivity contribution in [3.63, 3.8) is 0 Å². The molecule has 0 fully saturated rings. The molecule has 6 heteroatoms. The molecule has 0 radical (unpaired) electrons. The summed E-state index contributed by atoms with van der Waals surface area (Å²) in [5.74, 6) is 0. The lowest BCUT2D eigenvalue weighted by molar-refractivity contribution is 0.187. The van der Waals surface area contributed by atoms with Gasteiger partial charge in [0.1, 0.15) is 0 Å². The Hall–Kier alpha value is -0.750. The molecule has 0 saturated carbocycles. The van der Waals surface area contributed by atoms with Gasteiger partial charge < -0.3 is 10.5 Å². The predicted molar refractivity (Wildman–Crippen MR) is 62.3 cm³/mol. The predicted octanol–water partition coefficient (Wildman–Crippen LogP) is 2.97. The van der Waals surface area contributed by atoms with Crippen LogP contribution in [-0.2, 0) is 4.74 Å². The van der Waals surface area contributed by atoms with Gasteiger partial charge in [-0.15, -0.1) is 0 Å². The van der Waals surface area contributed by atoms with Crippen LogP contribution in [0.3, 0.4) is 0 Å². The molecule has 3 N–H and O–H groups in total. The number of benzene rings is 1. The second-order valence-electron chi connectivity index (χ2n) is 2.47. The van der Waals surface area contributed by atoms with E-state index in [1.807, 2.05) is 0 Å². The highest BCUT2D eigenvalue weighted by Crippen LogP contribution is 2.32. The third-order valence-corrected chi connectivity index (χ3v) is 2.58. The number of nitrogens with two attached hydrogens (primary N) is 1. The van der Waals surface area contributed by atoms with Crippen LogP contribution < -0.4 is 11.1 Å². The number of halogens is 2. The molecule has 14 heavy (non-hydrogen) atoms. The van der Waals surface area contributed by atoms with Gasteiger partial charge in [0.25, 0.3) is 0 Å². The average molecular weight is 324 g/mol. The standard InChI is InChI=1S/C8H8Br2N2O2/c1-14-8(13)12-7-5(10)2-4(9)3-6(7)11/h2-3H,11H2,1H3,(H,12,13). The molecular weight excluding hydrogens is 316 g/mol. The number of carbonyl (C=O) groups is 1. The first-order chi connectivity index (χ1) is 6.54. The van der Waals surface area contributed by atoms with Crippen LogP contribution in [0.15, 0.2) is 21.1 Å². The Morgan fingerprint density at radius 1 is 1.50 bits per heavy atom. The van der Waals surface area contributed by atoms with Crippen molar-refractivity contribution in [3.05, 3.63) is 21.1 Å². The van der Waals surface area contributed by atoms with Crippen molar-refractivity contribution >= 4 is 49.3 Å². The number of amides is 1. The second-order valence-corrected chi connectivity index (χ2v) is 4.24. The molecular formula is C8H8Br2N2O2. The molecule has 0 aliphatic carbocycles. The van der Waals surface area contributed by atoms with Gasteiger partial charge in [0, 0.05) is 8.95 Å². The van der Waals surface area contributed by atoms with Gasteiger partial charge in [-0.25, -0.2) is 4.79 Å². The molecule has 0 bridgehead atoms. The normalized spacial score (nSPS) is 9.64. The minimum absolute atomic E-state index is 0.455. The highest BCUT2D eigenvalue weighted by molar-refractivity contribution is 9.11. The molecule has 1 amide bonds. The molecule has 1 aromatic rings. The summed E-state index contributed by atoms with van der Waals surface area (Å²) in [6, 6.07) is 3.47. The maximum atomic E-state index is 10.9. The van der Waals surface area contributed by atoms with Crippen molar-refractivity contribution in [2.75, 3.05) is 18.2 Å². The number of hydrogen-bond donors (Lipinski definition) is 2. The van der Waals surface area contributed by atoms with E-state index >= 15 is 0 Å². The second kappa shape index (κ2) is 4.65. The van der Waals surface area contributed by atoms with E-state index in [1.165, 1.54) is 7.11 Å². The molecule has 0 heterocycles. The summed E-state index contributed by atoms with van der Waals surface area (Å²) in [5, 5.41) is 2.50. The van der Waals surface area contributed by atoms with Crippen LogP contribution in [0.4, 0.5) is 16.2 Å². The van der Waals surface area contributed by atoms with Crippen molar-refractivity contribution in [2.45, 2.75) is 0 Å². The zero-order valence-corrected chi connectivity index (χ0v) is 10.5. The SMILES string of the molecule is COC(=O)Nc1c(N)cc(Br)cc1Br. The smallest absolute Gasteiger partial charge is 0.411 e. The molecule has 0 aliphatic heterocycles. The van der Waals surface area contributed by atoms with E-state index in [-0.39, 0.29) is 0 Å². The number of carbonyl (C=O) groups excluding carboxylic acids is 1. The quantitative estimate of drug-likeness (QED) is 0.781. The number of methoxy groups -OCH3 is 1. The Labute approximate surface area is 98.1 Å². The number of rotatable bonds is 1. The molecule has 0 spiro atoms. The van der Waals surface area contributed by atoms with Gasteiger partial charge in [-0.1, -0.05) is 15.9 Å². The maximum Gasteiger partial charge on any atom is 0.411 e. The first-order valence-electron chi connectivity index (χ1n) is 3.64. The number of ether oxygens (including phenoxy) is 1. The first kappa shape index (κ1) is 11.3. The Kier molecular flexibility index (Phi) is 3.77. The summed E-state index contributed by atoms with van der Waals surface area (Å²) >= 11 is 6.55. The lowest BCUT2D eigenvalue weighted by Crippen LogP contribution is -2.12. The fourth-order valence-corrected chi connectivity index (χ4v) is 2.24. The third-order valence-electron chi connectivity index (χ3n) is 1.50. The Morgan fingerprint density at radius 3 is 2.64 bits per heavy atom. The summed E-state index contributed by atoms with van der Waals surface area (Å²) in [6.45, 7) is 0. The average Bonchev–Trinajstić information content (AvgIpc) is 2.10. The molecule has 4 nitrogen and oxygen atoms in total. The fraction of sp³-hybridized carbons (Fsp3) is 0.125. The van der Waals surface area contributed by atoms with Crippen LogP contribution in [0.25, 0.3) is 0 Å². The Morgan fingerprint density at radius 2 is 2.14 bits per heavy atom.